The minimum absolute atomic E-state index is 0.0973. The molecule has 1 aromatic heterocycles. The lowest BCUT2D eigenvalue weighted by Gasteiger charge is -2.43. The molecule has 1 unspecified atom stereocenters. The lowest BCUT2D eigenvalue weighted by Crippen LogP contribution is -2.50. The quantitative estimate of drug-likeness (QED) is 0.893. The van der Waals surface area contributed by atoms with Crippen LogP contribution in [-0.4, -0.2) is 38.0 Å². The van der Waals surface area contributed by atoms with Gasteiger partial charge in [-0.05, 0) is 60.2 Å². The van der Waals surface area contributed by atoms with Crippen LogP contribution >= 0.6 is 27.3 Å². The fraction of sp³-hybridized carbons (Fsp3) is 0.733. The molecule has 0 saturated carbocycles. The topological polar surface area (TPSA) is 30.5 Å². The number of hydrogen-bond acceptors (Lipinski definition) is 4. The van der Waals surface area contributed by atoms with E-state index in [4.69, 9.17) is 9.47 Å². The van der Waals surface area contributed by atoms with Gasteiger partial charge in [0.15, 0.2) is 0 Å². The second-order valence-corrected chi connectivity index (χ2v) is 8.29. The maximum Gasteiger partial charge on any atom is 0.0741 e. The van der Waals surface area contributed by atoms with Crippen LogP contribution in [0.3, 0.4) is 0 Å². The molecule has 3 heterocycles. The molecular formula is C15H22BrNO2S. The third-order valence-electron chi connectivity index (χ3n) is 4.33. The number of ether oxygens (including phenoxy) is 2. The molecule has 1 aromatic rings. The van der Waals surface area contributed by atoms with Crippen LogP contribution in [-0.2, 0) is 15.9 Å². The average Bonchev–Trinajstić information content (AvgIpc) is 2.86. The van der Waals surface area contributed by atoms with Gasteiger partial charge in [-0.25, -0.2) is 0 Å². The zero-order chi connectivity index (χ0) is 13.8. The fourth-order valence-electron chi connectivity index (χ4n) is 3.18. The Morgan fingerprint density at radius 2 is 2.15 bits per heavy atom. The van der Waals surface area contributed by atoms with Crippen LogP contribution < -0.4 is 5.32 Å². The Kier molecular flexibility index (Phi) is 5.15. The number of hydrogen-bond donors (Lipinski definition) is 1. The number of nitrogens with one attached hydrogen (secondary N) is 1. The van der Waals surface area contributed by atoms with Gasteiger partial charge in [0.05, 0.1) is 9.39 Å². The van der Waals surface area contributed by atoms with E-state index in [0.717, 1.165) is 58.5 Å². The van der Waals surface area contributed by atoms with Crippen LogP contribution in [0, 0.1) is 0 Å². The highest BCUT2D eigenvalue weighted by molar-refractivity contribution is 9.11. The normalized spacial score (nSPS) is 25.9. The standard InChI is InChI=1S/C15H22BrNO2S/c16-14-2-1-13(20-14)3-7-17-12-4-8-19-15(11-12)5-9-18-10-6-15/h1-2,12,17H,3-11H2. The van der Waals surface area contributed by atoms with Crippen molar-refractivity contribution < 1.29 is 9.47 Å². The Morgan fingerprint density at radius 3 is 2.90 bits per heavy atom. The molecule has 2 aliphatic rings. The first-order valence-electron chi connectivity index (χ1n) is 7.45. The molecule has 0 radical (unpaired) electrons. The molecule has 112 valence electrons. The van der Waals surface area contributed by atoms with E-state index in [1.165, 1.54) is 8.66 Å². The van der Waals surface area contributed by atoms with E-state index in [1.54, 1.807) is 0 Å². The van der Waals surface area contributed by atoms with Gasteiger partial charge in [-0.3, -0.25) is 0 Å². The van der Waals surface area contributed by atoms with E-state index in [0.29, 0.717) is 6.04 Å². The van der Waals surface area contributed by atoms with Crippen LogP contribution in [0.5, 0.6) is 0 Å². The molecule has 3 nitrogen and oxygen atoms in total. The molecule has 20 heavy (non-hydrogen) atoms. The summed E-state index contributed by atoms with van der Waals surface area (Å²) in [7, 11) is 0. The summed E-state index contributed by atoms with van der Waals surface area (Å²) in [6, 6.07) is 4.94. The van der Waals surface area contributed by atoms with Crippen molar-refractivity contribution in [1.29, 1.82) is 0 Å². The smallest absolute Gasteiger partial charge is 0.0741 e. The highest BCUT2D eigenvalue weighted by Gasteiger charge is 2.38. The molecular weight excluding hydrogens is 338 g/mol. The summed E-state index contributed by atoms with van der Waals surface area (Å²) in [4.78, 5) is 1.44. The van der Waals surface area contributed by atoms with E-state index >= 15 is 0 Å². The molecule has 0 bridgehead atoms. The largest absolute Gasteiger partial charge is 0.381 e. The molecule has 1 N–H and O–H groups in total. The predicted molar refractivity (Wildman–Crippen MR) is 85.5 cm³/mol. The van der Waals surface area contributed by atoms with Gasteiger partial charge in [0.25, 0.3) is 0 Å². The van der Waals surface area contributed by atoms with Gasteiger partial charge in [0, 0.05) is 37.3 Å². The first-order chi connectivity index (χ1) is 9.76. The molecule has 2 aliphatic heterocycles. The molecule has 5 heteroatoms. The van der Waals surface area contributed by atoms with Crippen LogP contribution in [0.1, 0.15) is 30.6 Å². The van der Waals surface area contributed by atoms with Crippen molar-refractivity contribution in [1.82, 2.24) is 5.32 Å². The van der Waals surface area contributed by atoms with Crippen molar-refractivity contribution in [2.75, 3.05) is 26.4 Å². The number of halogens is 1. The summed E-state index contributed by atoms with van der Waals surface area (Å²) in [5, 5.41) is 3.72. The SMILES string of the molecule is Brc1ccc(CCNC2CCOC3(CCOCC3)C2)s1. The fourth-order valence-corrected chi connectivity index (χ4v) is 4.66. The van der Waals surface area contributed by atoms with E-state index < -0.39 is 0 Å². The zero-order valence-electron chi connectivity index (χ0n) is 11.7. The summed E-state index contributed by atoms with van der Waals surface area (Å²) in [5.74, 6) is 0. The van der Waals surface area contributed by atoms with Gasteiger partial charge in [-0.1, -0.05) is 0 Å². The van der Waals surface area contributed by atoms with Crippen molar-refractivity contribution in [2.24, 2.45) is 0 Å². The Morgan fingerprint density at radius 1 is 1.30 bits per heavy atom. The summed E-state index contributed by atoms with van der Waals surface area (Å²) in [5.41, 5.74) is 0.0973. The van der Waals surface area contributed by atoms with Crippen molar-refractivity contribution in [2.45, 2.75) is 43.7 Å². The minimum Gasteiger partial charge on any atom is -0.381 e. The van der Waals surface area contributed by atoms with Gasteiger partial charge in [-0.2, -0.15) is 0 Å². The Hall–Kier alpha value is 0.0600. The van der Waals surface area contributed by atoms with Crippen LogP contribution in [0.25, 0.3) is 0 Å². The molecule has 3 rings (SSSR count). The highest BCUT2D eigenvalue weighted by atomic mass is 79.9. The second kappa shape index (κ2) is 6.88. The van der Waals surface area contributed by atoms with E-state index in [-0.39, 0.29) is 5.60 Å². The van der Waals surface area contributed by atoms with Gasteiger partial charge >= 0.3 is 0 Å². The molecule has 1 atom stereocenters. The Balaban J connectivity index is 1.45. The van der Waals surface area contributed by atoms with Crippen LogP contribution in [0.2, 0.25) is 0 Å². The Labute approximate surface area is 133 Å². The van der Waals surface area contributed by atoms with Gasteiger partial charge in [0.2, 0.25) is 0 Å². The molecule has 0 aromatic carbocycles. The number of rotatable bonds is 4. The Bertz CT molecular complexity index is 426. The average molecular weight is 360 g/mol. The van der Waals surface area contributed by atoms with Gasteiger partial charge in [-0.15, -0.1) is 11.3 Å². The van der Waals surface area contributed by atoms with Crippen LogP contribution in [0.15, 0.2) is 15.9 Å². The van der Waals surface area contributed by atoms with E-state index in [2.05, 4.69) is 33.4 Å². The first-order valence-corrected chi connectivity index (χ1v) is 9.06. The monoisotopic (exact) mass is 359 g/mol. The summed E-state index contributed by atoms with van der Waals surface area (Å²) >= 11 is 5.35. The highest BCUT2D eigenvalue weighted by Crippen LogP contribution is 2.34. The lowest BCUT2D eigenvalue weighted by atomic mass is 9.84. The van der Waals surface area contributed by atoms with Crippen molar-refractivity contribution in [3.8, 4) is 0 Å². The predicted octanol–water partition coefficient (Wildman–Crippen LogP) is 3.37. The molecule has 0 amide bonds. The second-order valence-electron chi connectivity index (χ2n) is 5.74. The van der Waals surface area contributed by atoms with Crippen LogP contribution in [0.4, 0.5) is 0 Å². The summed E-state index contributed by atoms with van der Waals surface area (Å²) in [6.45, 7) is 3.66. The van der Waals surface area contributed by atoms with Crippen molar-refractivity contribution in [3.05, 3.63) is 20.8 Å². The number of thiophene rings is 1. The maximum atomic E-state index is 6.08. The third kappa shape index (κ3) is 3.83. The van der Waals surface area contributed by atoms with Crippen molar-refractivity contribution >= 4 is 27.3 Å². The molecule has 0 aliphatic carbocycles. The maximum absolute atomic E-state index is 6.08. The van der Waals surface area contributed by atoms with Gasteiger partial charge < -0.3 is 14.8 Å². The first kappa shape index (κ1) is 15.0. The summed E-state index contributed by atoms with van der Waals surface area (Å²) < 4.78 is 12.8. The minimum atomic E-state index is 0.0973. The molecule has 1 spiro atoms. The van der Waals surface area contributed by atoms with E-state index in [1.807, 2.05) is 11.3 Å². The van der Waals surface area contributed by atoms with E-state index in [9.17, 15) is 0 Å². The summed E-state index contributed by atoms with van der Waals surface area (Å²) in [6.07, 6.45) is 5.51. The zero-order valence-corrected chi connectivity index (χ0v) is 14.1. The molecule has 2 fully saturated rings. The molecule has 2 saturated heterocycles. The van der Waals surface area contributed by atoms with Crippen molar-refractivity contribution in [3.63, 3.8) is 0 Å². The van der Waals surface area contributed by atoms with Gasteiger partial charge in [0.1, 0.15) is 0 Å². The third-order valence-corrected chi connectivity index (χ3v) is 6.01. The lowest BCUT2D eigenvalue weighted by molar-refractivity contribution is -0.140.